The molecule has 0 fully saturated rings. The summed E-state index contributed by atoms with van der Waals surface area (Å²) in [6, 6.07) is 12.1. The number of hydrogen-bond donors (Lipinski definition) is 1. The third kappa shape index (κ3) is 2.40. The molecular weight excluding hydrogens is 451 g/mol. The van der Waals surface area contributed by atoms with Crippen molar-refractivity contribution in [2.24, 2.45) is 0 Å². The van der Waals surface area contributed by atoms with E-state index in [0.29, 0.717) is 4.77 Å². The minimum absolute atomic E-state index is 0.680. The number of fused-ring (bicyclic) bond motifs is 1. The number of benzene rings is 2. The van der Waals surface area contributed by atoms with Gasteiger partial charge in [0.05, 0.1) is 22.6 Å². The molecule has 0 saturated heterocycles. The number of ether oxygens (including phenoxy) is 1. The van der Waals surface area contributed by atoms with Crippen molar-refractivity contribution in [2.75, 3.05) is 7.11 Å². The second-order valence-electron chi connectivity index (χ2n) is 4.25. The predicted molar refractivity (Wildman–Crippen MR) is 95.4 cm³/mol. The highest BCUT2D eigenvalue weighted by molar-refractivity contribution is 14.1. The SMILES string of the molecule is COc1ccc(-n2c(=S)[nH]c3cc(I)ccc32)cc1Br. The first kappa shape index (κ1) is 14.1. The van der Waals surface area contributed by atoms with Crippen LogP contribution in [0.2, 0.25) is 0 Å². The van der Waals surface area contributed by atoms with Gasteiger partial charge in [-0.3, -0.25) is 4.57 Å². The van der Waals surface area contributed by atoms with Gasteiger partial charge in [0.2, 0.25) is 0 Å². The van der Waals surface area contributed by atoms with Gasteiger partial charge < -0.3 is 9.72 Å². The highest BCUT2D eigenvalue weighted by Gasteiger charge is 2.09. The van der Waals surface area contributed by atoms with E-state index in [2.05, 4.69) is 61.7 Å². The Bertz CT molecular complexity index is 856. The molecule has 0 bridgehead atoms. The Hall–Kier alpha value is -0.860. The van der Waals surface area contributed by atoms with Gasteiger partial charge in [-0.05, 0) is 87.1 Å². The second kappa shape index (κ2) is 5.50. The number of aromatic amines is 1. The maximum atomic E-state index is 5.44. The van der Waals surface area contributed by atoms with Gasteiger partial charge in [-0.1, -0.05) is 0 Å². The van der Waals surface area contributed by atoms with Gasteiger partial charge in [-0.25, -0.2) is 0 Å². The largest absolute Gasteiger partial charge is 0.496 e. The molecule has 2 aromatic carbocycles. The predicted octanol–water partition coefficient (Wildman–Crippen LogP) is 5.06. The van der Waals surface area contributed by atoms with E-state index in [0.717, 1.165) is 26.9 Å². The van der Waals surface area contributed by atoms with Crippen molar-refractivity contribution >= 4 is 61.8 Å². The monoisotopic (exact) mass is 460 g/mol. The van der Waals surface area contributed by atoms with Crippen molar-refractivity contribution in [3.05, 3.63) is 49.2 Å². The molecule has 0 saturated carbocycles. The van der Waals surface area contributed by atoms with Crippen LogP contribution in [0, 0.1) is 8.34 Å². The van der Waals surface area contributed by atoms with E-state index in [-0.39, 0.29) is 0 Å². The number of nitrogens with one attached hydrogen (secondary N) is 1. The minimum atomic E-state index is 0.680. The summed E-state index contributed by atoms with van der Waals surface area (Å²) in [5.41, 5.74) is 3.09. The lowest BCUT2D eigenvalue weighted by Gasteiger charge is -2.08. The molecule has 0 unspecified atom stereocenters. The molecule has 0 radical (unpaired) electrons. The number of H-pyrrole nitrogens is 1. The number of aromatic nitrogens is 2. The summed E-state index contributed by atoms with van der Waals surface area (Å²) in [6.45, 7) is 0. The van der Waals surface area contributed by atoms with E-state index < -0.39 is 0 Å². The standard InChI is InChI=1S/C14H10BrIN2OS/c1-19-13-5-3-9(7-10(13)15)18-12-4-2-8(16)6-11(12)17-14(18)20/h2-7H,1H3,(H,17,20). The Kier molecular flexibility index (Phi) is 3.87. The van der Waals surface area contributed by atoms with E-state index in [1.165, 1.54) is 3.57 Å². The van der Waals surface area contributed by atoms with Crippen LogP contribution in [0.15, 0.2) is 40.9 Å². The number of halogens is 2. The van der Waals surface area contributed by atoms with Gasteiger partial charge in [-0.15, -0.1) is 0 Å². The van der Waals surface area contributed by atoms with Crippen molar-refractivity contribution in [1.82, 2.24) is 9.55 Å². The highest BCUT2D eigenvalue weighted by Crippen LogP contribution is 2.29. The average molecular weight is 461 g/mol. The van der Waals surface area contributed by atoms with Crippen LogP contribution < -0.4 is 4.74 Å². The number of nitrogens with zero attached hydrogens (tertiary/aromatic N) is 1. The summed E-state index contributed by atoms with van der Waals surface area (Å²) < 4.78 is 10.0. The molecule has 0 spiro atoms. The van der Waals surface area contributed by atoms with Crippen LogP contribution in [0.25, 0.3) is 16.7 Å². The summed E-state index contributed by atoms with van der Waals surface area (Å²) in [6.07, 6.45) is 0. The van der Waals surface area contributed by atoms with Crippen LogP contribution in [-0.4, -0.2) is 16.7 Å². The molecule has 0 atom stereocenters. The van der Waals surface area contributed by atoms with Gasteiger partial charge in [0.1, 0.15) is 5.75 Å². The maximum Gasteiger partial charge on any atom is 0.182 e. The molecule has 0 aliphatic carbocycles. The molecule has 0 aliphatic heterocycles. The number of hydrogen-bond acceptors (Lipinski definition) is 2. The van der Waals surface area contributed by atoms with Crippen LogP contribution in [0.4, 0.5) is 0 Å². The first-order valence-corrected chi connectivity index (χ1v) is 8.12. The number of rotatable bonds is 2. The normalized spacial score (nSPS) is 10.9. The van der Waals surface area contributed by atoms with Crippen LogP contribution in [0.1, 0.15) is 0 Å². The molecule has 3 aromatic rings. The Morgan fingerprint density at radius 3 is 2.75 bits per heavy atom. The fraction of sp³-hybridized carbons (Fsp3) is 0.0714. The fourth-order valence-electron chi connectivity index (χ4n) is 2.13. The van der Waals surface area contributed by atoms with Crippen molar-refractivity contribution in [2.45, 2.75) is 0 Å². The van der Waals surface area contributed by atoms with Gasteiger partial charge in [0, 0.05) is 9.26 Å². The number of imidazole rings is 1. The lowest BCUT2D eigenvalue weighted by molar-refractivity contribution is 0.412. The van der Waals surface area contributed by atoms with E-state index in [1.54, 1.807) is 7.11 Å². The Morgan fingerprint density at radius 2 is 2.05 bits per heavy atom. The van der Waals surface area contributed by atoms with Crippen molar-refractivity contribution in [3.63, 3.8) is 0 Å². The highest BCUT2D eigenvalue weighted by atomic mass is 127. The maximum absolute atomic E-state index is 5.44. The summed E-state index contributed by atoms with van der Waals surface area (Å²) in [5.74, 6) is 0.801. The molecule has 1 N–H and O–H groups in total. The zero-order valence-electron chi connectivity index (χ0n) is 10.5. The molecule has 1 aromatic heterocycles. The third-order valence-corrected chi connectivity index (χ3v) is 4.61. The minimum Gasteiger partial charge on any atom is -0.496 e. The molecule has 1 heterocycles. The quantitative estimate of drug-likeness (QED) is 0.427. The third-order valence-electron chi connectivity index (χ3n) is 3.04. The zero-order valence-corrected chi connectivity index (χ0v) is 15.0. The first-order valence-electron chi connectivity index (χ1n) is 5.84. The molecule has 0 aliphatic rings. The molecule has 102 valence electrons. The molecule has 3 nitrogen and oxygen atoms in total. The second-order valence-corrected chi connectivity index (χ2v) is 6.73. The first-order chi connectivity index (χ1) is 9.60. The Morgan fingerprint density at radius 1 is 1.25 bits per heavy atom. The van der Waals surface area contributed by atoms with Crippen LogP contribution in [0.5, 0.6) is 5.75 Å². The summed E-state index contributed by atoms with van der Waals surface area (Å²) in [5, 5.41) is 0. The molecule has 3 rings (SSSR count). The summed E-state index contributed by atoms with van der Waals surface area (Å²) in [7, 11) is 1.65. The summed E-state index contributed by atoms with van der Waals surface area (Å²) in [4.78, 5) is 3.24. The van der Waals surface area contributed by atoms with Gasteiger partial charge in [0.15, 0.2) is 4.77 Å². The topological polar surface area (TPSA) is 29.9 Å². The average Bonchev–Trinajstić information content (AvgIpc) is 2.73. The lowest BCUT2D eigenvalue weighted by atomic mass is 10.2. The van der Waals surface area contributed by atoms with E-state index >= 15 is 0 Å². The van der Waals surface area contributed by atoms with Gasteiger partial charge in [-0.2, -0.15) is 0 Å². The molecule has 6 heteroatoms. The molecule has 20 heavy (non-hydrogen) atoms. The Labute approximate surface area is 143 Å². The lowest BCUT2D eigenvalue weighted by Crippen LogP contribution is -1.95. The summed E-state index contributed by atoms with van der Waals surface area (Å²) >= 11 is 11.2. The van der Waals surface area contributed by atoms with Gasteiger partial charge >= 0.3 is 0 Å². The van der Waals surface area contributed by atoms with Crippen molar-refractivity contribution < 1.29 is 4.74 Å². The van der Waals surface area contributed by atoms with E-state index in [9.17, 15) is 0 Å². The van der Waals surface area contributed by atoms with Crippen LogP contribution >= 0.6 is 50.7 Å². The zero-order chi connectivity index (χ0) is 14.3. The van der Waals surface area contributed by atoms with Crippen LogP contribution in [-0.2, 0) is 0 Å². The van der Waals surface area contributed by atoms with E-state index in [4.69, 9.17) is 17.0 Å². The van der Waals surface area contributed by atoms with Crippen molar-refractivity contribution in [1.29, 1.82) is 0 Å². The molecular formula is C14H10BrIN2OS. The fourth-order valence-corrected chi connectivity index (χ4v) is 3.47. The van der Waals surface area contributed by atoms with Gasteiger partial charge in [0.25, 0.3) is 0 Å². The number of methoxy groups -OCH3 is 1. The van der Waals surface area contributed by atoms with Crippen LogP contribution in [0.3, 0.4) is 0 Å². The smallest absolute Gasteiger partial charge is 0.182 e. The van der Waals surface area contributed by atoms with Crippen molar-refractivity contribution in [3.8, 4) is 11.4 Å². The molecule has 0 amide bonds. The Balaban J connectivity index is 2.26. The van der Waals surface area contributed by atoms with E-state index in [1.807, 2.05) is 22.8 Å².